The first-order chi connectivity index (χ1) is 16.7. The van der Waals surface area contributed by atoms with Crippen LogP contribution in [-0.2, 0) is 4.79 Å². The van der Waals surface area contributed by atoms with Gasteiger partial charge in [-0.15, -0.1) is 13.2 Å². The number of hydrogen-bond acceptors (Lipinski definition) is 6. The van der Waals surface area contributed by atoms with Gasteiger partial charge in [-0.2, -0.15) is 0 Å². The van der Waals surface area contributed by atoms with Crippen LogP contribution in [0, 0.1) is 5.92 Å². The predicted octanol–water partition coefficient (Wildman–Crippen LogP) is 4.12. The molecule has 1 fully saturated rings. The first kappa shape index (κ1) is 24.0. The number of ether oxygens (including phenoxy) is 1. The van der Waals surface area contributed by atoms with Gasteiger partial charge in [0.05, 0.1) is 11.6 Å². The van der Waals surface area contributed by atoms with Gasteiger partial charge in [-0.1, -0.05) is 12.1 Å². The van der Waals surface area contributed by atoms with Crippen LogP contribution in [0.15, 0.2) is 60.9 Å². The molecule has 1 saturated heterocycles. The van der Waals surface area contributed by atoms with E-state index in [9.17, 15) is 22.8 Å². The molecule has 3 aromatic rings. The number of nitrogens with zero attached hydrogens (tertiary/aromatic N) is 3. The van der Waals surface area contributed by atoms with Crippen LogP contribution in [0.4, 0.5) is 24.7 Å². The van der Waals surface area contributed by atoms with Crippen molar-refractivity contribution in [3.63, 3.8) is 0 Å². The summed E-state index contributed by atoms with van der Waals surface area (Å²) >= 11 is 0. The summed E-state index contributed by atoms with van der Waals surface area (Å²) in [4.78, 5) is 34.6. The lowest BCUT2D eigenvalue weighted by Gasteiger charge is -2.31. The molecule has 8 nitrogen and oxygen atoms in total. The second-order valence-corrected chi connectivity index (χ2v) is 8.06. The highest BCUT2D eigenvalue weighted by Crippen LogP contribution is 2.27. The summed E-state index contributed by atoms with van der Waals surface area (Å²) in [6.07, 6.45) is -2.03. The van der Waals surface area contributed by atoms with Gasteiger partial charge in [-0.05, 0) is 49.2 Å². The fourth-order valence-corrected chi connectivity index (χ4v) is 3.86. The Kier molecular flexibility index (Phi) is 6.85. The highest BCUT2D eigenvalue weighted by molar-refractivity contribution is 5.96. The molecule has 11 heteroatoms. The maximum Gasteiger partial charge on any atom is 0.573 e. The van der Waals surface area contributed by atoms with E-state index in [1.807, 2.05) is 0 Å². The van der Waals surface area contributed by atoms with Crippen molar-refractivity contribution in [1.29, 1.82) is 0 Å². The van der Waals surface area contributed by atoms with Gasteiger partial charge in [0.15, 0.2) is 0 Å². The van der Waals surface area contributed by atoms with E-state index in [1.165, 1.54) is 30.6 Å². The SMILES string of the molecule is NC(=O)C1CCCN(C(=O)c2cccc(-c3cc(Nc4ccc(OC(F)(F)F)cc4)ncn3)c2)C1. The topological polar surface area (TPSA) is 110 Å². The number of hydrogen-bond donors (Lipinski definition) is 2. The summed E-state index contributed by atoms with van der Waals surface area (Å²) in [5.74, 6) is -0.855. The Morgan fingerprint density at radius 1 is 1.09 bits per heavy atom. The highest BCUT2D eigenvalue weighted by Gasteiger charge is 2.31. The van der Waals surface area contributed by atoms with Gasteiger partial charge in [0, 0.05) is 36.0 Å². The predicted molar refractivity (Wildman–Crippen MR) is 122 cm³/mol. The van der Waals surface area contributed by atoms with Crippen molar-refractivity contribution in [3.05, 3.63) is 66.5 Å². The van der Waals surface area contributed by atoms with Gasteiger partial charge >= 0.3 is 6.36 Å². The molecule has 3 N–H and O–H groups in total. The van der Waals surface area contributed by atoms with Crippen LogP contribution < -0.4 is 15.8 Å². The third-order valence-electron chi connectivity index (χ3n) is 5.54. The van der Waals surface area contributed by atoms with Crippen molar-refractivity contribution in [2.24, 2.45) is 11.7 Å². The molecule has 1 aliphatic heterocycles. The number of nitrogens with two attached hydrogens (primary N) is 1. The van der Waals surface area contributed by atoms with Gasteiger partial charge in [0.2, 0.25) is 5.91 Å². The first-order valence-corrected chi connectivity index (χ1v) is 10.8. The lowest BCUT2D eigenvalue weighted by atomic mass is 9.96. The molecular formula is C24H22F3N5O3. The minimum Gasteiger partial charge on any atom is -0.406 e. The number of piperidine rings is 1. The minimum absolute atomic E-state index is 0.189. The number of carbonyl (C=O) groups is 2. The lowest BCUT2D eigenvalue weighted by Crippen LogP contribution is -2.44. The zero-order chi connectivity index (χ0) is 25.0. The van der Waals surface area contributed by atoms with E-state index >= 15 is 0 Å². The Bertz CT molecular complexity index is 1220. The monoisotopic (exact) mass is 485 g/mol. The van der Waals surface area contributed by atoms with E-state index < -0.39 is 12.3 Å². The molecule has 1 atom stereocenters. The molecule has 35 heavy (non-hydrogen) atoms. The van der Waals surface area contributed by atoms with Crippen LogP contribution >= 0.6 is 0 Å². The second-order valence-electron chi connectivity index (χ2n) is 8.06. The Hall–Kier alpha value is -4.15. The molecule has 2 heterocycles. The lowest BCUT2D eigenvalue weighted by molar-refractivity contribution is -0.274. The molecule has 4 rings (SSSR count). The number of amides is 2. The maximum atomic E-state index is 13.0. The fourth-order valence-electron chi connectivity index (χ4n) is 3.86. The summed E-state index contributed by atoms with van der Waals surface area (Å²) in [6, 6.07) is 13.9. The van der Waals surface area contributed by atoms with Gasteiger partial charge < -0.3 is 20.7 Å². The minimum atomic E-state index is -4.76. The number of alkyl halides is 3. The number of primary amides is 1. The van der Waals surface area contributed by atoms with Crippen molar-refractivity contribution in [3.8, 4) is 17.0 Å². The third-order valence-corrected chi connectivity index (χ3v) is 5.54. The maximum absolute atomic E-state index is 13.0. The van der Waals surface area contributed by atoms with Crippen molar-refractivity contribution in [2.75, 3.05) is 18.4 Å². The van der Waals surface area contributed by atoms with Gasteiger partial charge in [0.1, 0.15) is 17.9 Å². The largest absolute Gasteiger partial charge is 0.573 e. The molecule has 0 radical (unpaired) electrons. The number of aromatic nitrogens is 2. The first-order valence-electron chi connectivity index (χ1n) is 10.8. The average molecular weight is 485 g/mol. The van der Waals surface area contributed by atoms with Crippen LogP contribution in [0.25, 0.3) is 11.3 Å². The van der Waals surface area contributed by atoms with E-state index in [0.717, 1.165) is 0 Å². The fraction of sp³-hybridized carbons (Fsp3) is 0.250. The molecule has 1 unspecified atom stereocenters. The van der Waals surface area contributed by atoms with E-state index in [2.05, 4.69) is 20.0 Å². The van der Waals surface area contributed by atoms with E-state index in [0.29, 0.717) is 54.3 Å². The summed E-state index contributed by atoms with van der Waals surface area (Å²) in [5.41, 5.74) is 7.61. The standard InChI is InChI=1S/C24H22F3N5O3/c25-24(26,27)35-19-8-6-18(7-9-19)31-21-12-20(29-14-30-21)15-3-1-4-16(11-15)23(34)32-10-2-5-17(13-32)22(28)33/h1,3-4,6-9,11-12,14,17H,2,5,10,13H2,(H2,28,33)(H,29,30,31). The van der Waals surface area contributed by atoms with Gasteiger partial charge in [-0.3, -0.25) is 9.59 Å². The molecule has 1 aromatic heterocycles. The quantitative estimate of drug-likeness (QED) is 0.544. The van der Waals surface area contributed by atoms with Crippen molar-refractivity contribution in [2.45, 2.75) is 19.2 Å². The molecule has 2 aromatic carbocycles. The summed E-state index contributed by atoms with van der Waals surface area (Å²) in [7, 11) is 0. The van der Waals surface area contributed by atoms with Gasteiger partial charge in [0.25, 0.3) is 5.91 Å². The Morgan fingerprint density at radius 2 is 1.86 bits per heavy atom. The van der Waals surface area contributed by atoms with Crippen molar-refractivity contribution >= 4 is 23.3 Å². The van der Waals surface area contributed by atoms with Crippen molar-refractivity contribution < 1.29 is 27.5 Å². The molecule has 1 aliphatic rings. The number of carbonyl (C=O) groups excluding carboxylic acids is 2. The molecule has 2 amide bonds. The summed E-state index contributed by atoms with van der Waals surface area (Å²) in [6.45, 7) is 0.855. The number of halogens is 3. The molecule has 182 valence electrons. The van der Waals surface area contributed by atoms with E-state index in [1.54, 1.807) is 35.2 Å². The van der Waals surface area contributed by atoms with Crippen LogP contribution in [0.5, 0.6) is 5.75 Å². The smallest absolute Gasteiger partial charge is 0.406 e. The summed E-state index contributed by atoms with van der Waals surface area (Å²) in [5, 5.41) is 3.00. The zero-order valence-electron chi connectivity index (χ0n) is 18.5. The normalized spacial score (nSPS) is 16.0. The number of nitrogens with one attached hydrogen (secondary N) is 1. The van der Waals surface area contributed by atoms with Crippen LogP contribution in [0.1, 0.15) is 23.2 Å². The number of benzene rings is 2. The number of anilines is 2. The van der Waals surface area contributed by atoms with Crippen LogP contribution in [0.3, 0.4) is 0 Å². The second kappa shape index (κ2) is 10.00. The highest BCUT2D eigenvalue weighted by atomic mass is 19.4. The molecule has 0 saturated carbocycles. The average Bonchev–Trinajstić information content (AvgIpc) is 2.84. The molecule has 0 spiro atoms. The van der Waals surface area contributed by atoms with Gasteiger partial charge in [-0.25, -0.2) is 9.97 Å². The summed E-state index contributed by atoms with van der Waals surface area (Å²) < 4.78 is 40.9. The molecular weight excluding hydrogens is 463 g/mol. The van der Waals surface area contributed by atoms with E-state index in [-0.39, 0.29) is 17.6 Å². The van der Waals surface area contributed by atoms with Crippen LogP contribution in [0.2, 0.25) is 0 Å². The van der Waals surface area contributed by atoms with E-state index in [4.69, 9.17) is 5.73 Å². The van der Waals surface area contributed by atoms with Crippen LogP contribution in [-0.4, -0.2) is 46.1 Å². The third kappa shape index (κ3) is 6.25. The Morgan fingerprint density at radius 3 is 2.57 bits per heavy atom. The number of rotatable bonds is 6. The van der Waals surface area contributed by atoms with Crippen molar-refractivity contribution in [1.82, 2.24) is 14.9 Å². The zero-order valence-corrected chi connectivity index (χ0v) is 18.5. The number of likely N-dealkylation sites (tertiary alicyclic amines) is 1. The Balaban J connectivity index is 1.48. The molecule has 0 aliphatic carbocycles. The Labute approximate surface area is 198 Å². The molecule has 0 bridgehead atoms.